The average Bonchev–Trinajstić information content (AvgIpc) is 2.61. The van der Waals surface area contributed by atoms with Crippen LogP contribution in [-0.4, -0.2) is 19.6 Å². The van der Waals surface area contributed by atoms with Crippen molar-refractivity contribution in [1.82, 2.24) is 0 Å². The highest BCUT2D eigenvalue weighted by Gasteiger charge is 2.08. The number of amides is 1. The molecule has 4 nitrogen and oxygen atoms in total. The summed E-state index contributed by atoms with van der Waals surface area (Å²) in [6, 6.07) is 18.3. The average molecular weight is 342 g/mol. The van der Waals surface area contributed by atoms with E-state index in [1.54, 1.807) is 31.4 Å². The summed E-state index contributed by atoms with van der Waals surface area (Å²) >= 11 is 6.18. The summed E-state index contributed by atoms with van der Waals surface area (Å²) < 4.78 is 10.8. The maximum atomic E-state index is 12.1. The van der Waals surface area contributed by atoms with Crippen molar-refractivity contribution in [3.05, 3.63) is 65.7 Å². The third-order valence-corrected chi connectivity index (χ3v) is 3.87. The molecule has 24 heavy (non-hydrogen) atoms. The van der Waals surface area contributed by atoms with Crippen molar-refractivity contribution in [2.24, 2.45) is 0 Å². The minimum atomic E-state index is -0.248. The van der Waals surface area contributed by atoms with E-state index < -0.39 is 0 Å². The van der Waals surface area contributed by atoms with Crippen LogP contribution in [-0.2, 0) is 4.79 Å². The van der Waals surface area contributed by atoms with Gasteiger partial charge < -0.3 is 14.8 Å². The lowest BCUT2D eigenvalue weighted by molar-refractivity contribution is -0.118. The zero-order chi connectivity index (χ0) is 16.9. The van der Waals surface area contributed by atoms with E-state index in [1.807, 2.05) is 36.4 Å². The number of anilines is 1. The van der Waals surface area contributed by atoms with Crippen LogP contribution in [0.1, 0.15) is 0 Å². The molecule has 0 saturated carbocycles. The Balaban J connectivity index is 1.69. The topological polar surface area (TPSA) is 47.6 Å². The van der Waals surface area contributed by atoms with E-state index in [9.17, 15) is 4.79 Å². The highest BCUT2D eigenvalue weighted by molar-refractivity contribution is 6.35. The highest BCUT2D eigenvalue weighted by Crippen LogP contribution is 2.31. The molecule has 0 saturated heterocycles. The van der Waals surface area contributed by atoms with Crippen LogP contribution in [0, 0.1) is 0 Å². The zero-order valence-corrected chi connectivity index (χ0v) is 13.8. The monoisotopic (exact) mass is 341 g/mol. The normalized spacial score (nSPS) is 10.4. The minimum absolute atomic E-state index is 0.0944. The Morgan fingerprint density at radius 1 is 1.04 bits per heavy atom. The van der Waals surface area contributed by atoms with Gasteiger partial charge in [-0.1, -0.05) is 41.9 Å². The second-order valence-electron chi connectivity index (χ2n) is 5.16. The van der Waals surface area contributed by atoms with Crippen molar-refractivity contribution >= 4 is 34.0 Å². The molecule has 5 heteroatoms. The predicted molar refractivity (Wildman–Crippen MR) is 96.1 cm³/mol. The molecule has 0 aromatic heterocycles. The molecule has 122 valence electrons. The Hall–Kier alpha value is -2.72. The first-order chi connectivity index (χ1) is 11.7. The molecular weight excluding hydrogens is 326 g/mol. The van der Waals surface area contributed by atoms with Gasteiger partial charge in [0.25, 0.3) is 5.91 Å². The second-order valence-corrected chi connectivity index (χ2v) is 5.57. The number of rotatable bonds is 5. The molecule has 3 aromatic rings. The van der Waals surface area contributed by atoms with Crippen LogP contribution < -0.4 is 14.8 Å². The van der Waals surface area contributed by atoms with E-state index in [1.165, 1.54) is 0 Å². The van der Waals surface area contributed by atoms with E-state index in [0.717, 1.165) is 10.8 Å². The number of halogens is 1. The van der Waals surface area contributed by atoms with Gasteiger partial charge in [-0.3, -0.25) is 4.79 Å². The van der Waals surface area contributed by atoms with Gasteiger partial charge in [0.15, 0.2) is 6.61 Å². The van der Waals surface area contributed by atoms with Crippen molar-refractivity contribution in [2.75, 3.05) is 19.0 Å². The molecule has 0 spiro atoms. The quantitative estimate of drug-likeness (QED) is 0.742. The van der Waals surface area contributed by atoms with Crippen LogP contribution in [0.3, 0.4) is 0 Å². The standard InChI is InChI=1S/C19H16ClNO3/c1-23-14-6-4-5-13(11-14)21-19(22)12-24-18-10-9-17(20)15-7-2-3-8-16(15)18/h2-11H,12H2,1H3,(H,21,22). The summed E-state index contributed by atoms with van der Waals surface area (Å²) in [5.41, 5.74) is 0.656. The first kappa shape index (κ1) is 16.1. The maximum absolute atomic E-state index is 12.1. The molecule has 0 radical (unpaired) electrons. The Morgan fingerprint density at radius 3 is 2.62 bits per heavy atom. The number of carbonyl (C=O) groups is 1. The van der Waals surface area contributed by atoms with Crippen LogP contribution in [0.25, 0.3) is 10.8 Å². The van der Waals surface area contributed by atoms with Gasteiger partial charge in [-0.05, 0) is 24.3 Å². The number of ether oxygens (including phenoxy) is 2. The zero-order valence-electron chi connectivity index (χ0n) is 13.1. The summed E-state index contributed by atoms with van der Waals surface area (Å²) in [7, 11) is 1.58. The van der Waals surface area contributed by atoms with E-state index in [4.69, 9.17) is 21.1 Å². The Kier molecular flexibility index (Phi) is 4.87. The lowest BCUT2D eigenvalue weighted by Gasteiger charge is -2.11. The van der Waals surface area contributed by atoms with Gasteiger partial charge in [0, 0.05) is 27.5 Å². The van der Waals surface area contributed by atoms with E-state index in [0.29, 0.717) is 22.2 Å². The van der Waals surface area contributed by atoms with Gasteiger partial charge in [0.2, 0.25) is 0 Å². The molecule has 0 aliphatic carbocycles. The fourth-order valence-electron chi connectivity index (χ4n) is 2.40. The number of hydrogen-bond acceptors (Lipinski definition) is 3. The van der Waals surface area contributed by atoms with Crippen molar-refractivity contribution < 1.29 is 14.3 Å². The fraction of sp³-hybridized carbons (Fsp3) is 0.105. The molecule has 3 aromatic carbocycles. The first-order valence-electron chi connectivity index (χ1n) is 7.41. The lowest BCUT2D eigenvalue weighted by atomic mass is 10.1. The van der Waals surface area contributed by atoms with E-state index in [-0.39, 0.29) is 12.5 Å². The number of benzene rings is 3. The molecule has 3 rings (SSSR count). The van der Waals surface area contributed by atoms with Crippen LogP contribution in [0.2, 0.25) is 5.02 Å². The smallest absolute Gasteiger partial charge is 0.262 e. The predicted octanol–water partition coefficient (Wildman–Crippen LogP) is 4.52. The van der Waals surface area contributed by atoms with Gasteiger partial charge >= 0.3 is 0 Å². The van der Waals surface area contributed by atoms with Crippen LogP contribution >= 0.6 is 11.6 Å². The SMILES string of the molecule is COc1cccc(NC(=O)COc2ccc(Cl)c3ccccc23)c1. The van der Waals surface area contributed by atoms with Crippen molar-refractivity contribution in [3.8, 4) is 11.5 Å². The van der Waals surface area contributed by atoms with E-state index >= 15 is 0 Å². The summed E-state index contributed by atoms with van der Waals surface area (Å²) in [4.78, 5) is 12.1. The van der Waals surface area contributed by atoms with Gasteiger partial charge in [0.1, 0.15) is 11.5 Å². The Labute approximate surface area is 145 Å². The highest BCUT2D eigenvalue weighted by atomic mass is 35.5. The van der Waals surface area contributed by atoms with Crippen molar-refractivity contribution in [3.63, 3.8) is 0 Å². The Morgan fingerprint density at radius 2 is 1.83 bits per heavy atom. The molecule has 0 fully saturated rings. The van der Waals surface area contributed by atoms with Crippen LogP contribution in [0.5, 0.6) is 11.5 Å². The molecule has 1 N–H and O–H groups in total. The maximum Gasteiger partial charge on any atom is 0.262 e. The molecule has 0 atom stereocenters. The van der Waals surface area contributed by atoms with Gasteiger partial charge in [0.05, 0.1) is 7.11 Å². The third kappa shape index (κ3) is 3.60. The van der Waals surface area contributed by atoms with E-state index in [2.05, 4.69) is 5.32 Å². The van der Waals surface area contributed by atoms with Crippen LogP contribution in [0.15, 0.2) is 60.7 Å². The van der Waals surface area contributed by atoms with Crippen molar-refractivity contribution in [1.29, 1.82) is 0 Å². The summed E-state index contributed by atoms with van der Waals surface area (Å²) in [5.74, 6) is 1.05. The lowest BCUT2D eigenvalue weighted by Crippen LogP contribution is -2.20. The Bertz CT molecular complexity index is 879. The molecular formula is C19H16ClNO3. The number of methoxy groups -OCH3 is 1. The minimum Gasteiger partial charge on any atom is -0.497 e. The summed E-state index contributed by atoms with van der Waals surface area (Å²) in [6.07, 6.45) is 0. The number of nitrogens with one attached hydrogen (secondary N) is 1. The molecule has 0 bridgehead atoms. The first-order valence-corrected chi connectivity index (χ1v) is 7.79. The largest absolute Gasteiger partial charge is 0.497 e. The van der Waals surface area contributed by atoms with Crippen molar-refractivity contribution in [2.45, 2.75) is 0 Å². The molecule has 0 heterocycles. The summed E-state index contributed by atoms with van der Waals surface area (Å²) in [6.45, 7) is -0.0944. The number of carbonyl (C=O) groups excluding carboxylic acids is 1. The van der Waals surface area contributed by atoms with Gasteiger partial charge in [-0.25, -0.2) is 0 Å². The summed E-state index contributed by atoms with van der Waals surface area (Å²) in [5, 5.41) is 5.20. The molecule has 0 aliphatic heterocycles. The molecule has 0 unspecified atom stereocenters. The number of hydrogen-bond donors (Lipinski definition) is 1. The van der Waals surface area contributed by atoms with Gasteiger partial charge in [-0.15, -0.1) is 0 Å². The third-order valence-electron chi connectivity index (χ3n) is 3.54. The molecule has 1 amide bonds. The molecule has 0 aliphatic rings. The van der Waals surface area contributed by atoms with Gasteiger partial charge in [-0.2, -0.15) is 0 Å². The number of fused-ring (bicyclic) bond motifs is 1. The van der Waals surface area contributed by atoms with Crippen LogP contribution in [0.4, 0.5) is 5.69 Å². The second kappa shape index (κ2) is 7.23. The fourth-order valence-corrected chi connectivity index (χ4v) is 2.63.